The summed E-state index contributed by atoms with van der Waals surface area (Å²) >= 11 is 0. The summed E-state index contributed by atoms with van der Waals surface area (Å²) in [5.74, 6) is 1.56. The van der Waals surface area contributed by atoms with E-state index in [-0.39, 0.29) is 0 Å². The monoisotopic (exact) mass is 249 g/mol. The minimum atomic E-state index is 0.739. The summed E-state index contributed by atoms with van der Waals surface area (Å²) in [7, 11) is 1.69. The molecule has 18 heavy (non-hydrogen) atoms. The maximum atomic E-state index is 5.32. The molecular weight excluding hydrogens is 226 g/mol. The summed E-state index contributed by atoms with van der Waals surface area (Å²) in [6.45, 7) is 8.83. The molecule has 0 aliphatic carbocycles. The van der Waals surface area contributed by atoms with E-state index in [2.05, 4.69) is 22.1 Å². The van der Waals surface area contributed by atoms with Crippen molar-refractivity contribution < 1.29 is 4.74 Å². The van der Waals surface area contributed by atoms with Crippen molar-refractivity contribution in [3.05, 3.63) is 18.0 Å². The van der Waals surface area contributed by atoms with Gasteiger partial charge in [-0.1, -0.05) is 6.92 Å². The number of aromatic nitrogens is 1. The molecule has 1 atom stereocenters. The molecule has 0 aromatic carbocycles. The zero-order valence-corrected chi connectivity index (χ0v) is 11.6. The van der Waals surface area contributed by atoms with Crippen molar-refractivity contribution in [1.29, 1.82) is 0 Å². The van der Waals surface area contributed by atoms with Crippen molar-refractivity contribution in [1.82, 2.24) is 9.88 Å². The Hall–Kier alpha value is -1.29. The van der Waals surface area contributed by atoms with E-state index in [4.69, 9.17) is 4.74 Å². The molecule has 1 N–H and O–H groups in total. The average Bonchev–Trinajstić information content (AvgIpc) is 2.84. The molecule has 1 aromatic rings. The summed E-state index contributed by atoms with van der Waals surface area (Å²) < 4.78 is 5.32. The number of aryl methyl sites for hydroxylation is 1. The average molecular weight is 249 g/mol. The Morgan fingerprint density at radius 2 is 2.39 bits per heavy atom. The molecule has 1 aromatic heterocycles. The second kappa shape index (κ2) is 6.05. The predicted octanol–water partition coefficient (Wildman–Crippen LogP) is 2.15. The summed E-state index contributed by atoms with van der Waals surface area (Å²) in [5.41, 5.74) is 2.07. The third kappa shape index (κ3) is 3.13. The zero-order chi connectivity index (χ0) is 13.0. The third-order valence-electron chi connectivity index (χ3n) is 3.62. The Morgan fingerprint density at radius 3 is 3.06 bits per heavy atom. The molecule has 4 heteroatoms. The minimum absolute atomic E-state index is 0.739. The van der Waals surface area contributed by atoms with Crippen molar-refractivity contribution in [2.75, 3.05) is 38.6 Å². The smallest absolute Gasteiger partial charge is 0.160 e. The molecule has 0 radical (unpaired) electrons. The largest absolute Gasteiger partial charge is 0.493 e. The van der Waals surface area contributed by atoms with E-state index in [1.54, 1.807) is 13.3 Å². The van der Waals surface area contributed by atoms with E-state index < -0.39 is 0 Å². The Labute approximate surface area is 109 Å². The number of nitrogens with zero attached hydrogens (tertiary/aromatic N) is 2. The SMILES string of the molecule is CCN1CCC(CNc2cc(C)ncc2OC)C1. The van der Waals surface area contributed by atoms with Crippen LogP contribution in [0.4, 0.5) is 5.69 Å². The fourth-order valence-corrected chi connectivity index (χ4v) is 2.47. The number of hydrogen-bond acceptors (Lipinski definition) is 4. The Kier molecular flexibility index (Phi) is 4.42. The van der Waals surface area contributed by atoms with E-state index in [0.717, 1.165) is 36.1 Å². The van der Waals surface area contributed by atoms with Crippen LogP contribution >= 0.6 is 0 Å². The van der Waals surface area contributed by atoms with Crippen LogP contribution in [0.25, 0.3) is 0 Å². The molecule has 0 saturated carbocycles. The molecule has 1 aliphatic rings. The highest BCUT2D eigenvalue weighted by atomic mass is 16.5. The normalized spacial score (nSPS) is 20.1. The van der Waals surface area contributed by atoms with Crippen molar-refractivity contribution in [3.63, 3.8) is 0 Å². The van der Waals surface area contributed by atoms with Crippen molar-refractivity contribution >= 4 is 5.69 Å². The summed E-state index contributed by atoms with van der Waals surface area (Å²) in [6, 6.07) is 2.05. The molecule has 2 rings (SSSR count). The molecule has 2 heterocycles. The maximum absolute atomic E-state index is 5.32. The summed E-state index contributed by atoms with van der Waals surface area (Å²) in [6.07, 6.45) is 3.07. The first-order valence-corrected chi connectivity index (χ1v) is 6.69. The number of anilines is 1. The predicted molar refractivity (Wildman–Crippen MR) is 74.2 cm³/mol. The van der Waals surface area contributed by atoms with Crippen LogP contribution in [0.1, 0.15) is 19.0 Å². The molecule has 0 amide bonds. The molecule has 1 aliphatic heterocycles. The molecule has 1 fully saturated rings. The highest BCUT2D eigenvalue weighted by Gasteiger charge is 2.21. The van der Waals surface area contributed by atoms with E-state index in [0.29, 0.717) is 0 Å². The molecule has 0 bridgehead atoms. The van der Waals surface area contributed by atoms with Crippen LogP contribution < -0.4 is 10.1 Å². The molecule has 100 valence electrons. The molecule has 0 spiro atoms. The number of pyridine rings is 1. The van der Waals surface area contributed by atoms with Crippen LogP contribution in [0, 0.1) is 12.8 Å². The minimum Gasteiger partial charge on any atom is -0.493 e. The van der Waals surface area contributed by atoms with Gasteiger partial charge < -0.3 is 15.0 Å². The van der Waals surface area contributed by atoms with Gasteiger partial charge >= 0.3 is 0 Å². The van der Waals surface area contributed by atoms with Crippen LogP contribution in [-0.4, -0.2) is 43.2 Å². The van der Waals surface area contributed by atoms with E-state index >= 15 is 0 Å². The lowest BCUT2D eigenvalue weighted by Crippen LogP contribution is -2.22. The van der Waals surface area contributed by atoms with Crippen LogP contribution in [0.2, 0.25) is 0 Å². The summed E-state index contributed by atoms with van der Waals surface area (Å²) in [4.78, 5) is 6.74. The van der Waals surface area contributed by atoms with Gasteiger partial charge in [-0.2, -0.15) is 0 Å². The number of nitrogens with one attached hydrogen (secondary N) is 1. The quantitative estimate of drug-likeness (QED) is 0.867. The van der Waals surface area contributed by atoms with Crippen molar-refractivity contribution in [2.45, 2.75) is 20.3 Å². The second-order valence-electron chi connectivity index (χ2n) is 4.95. The van der Waals surface area contributed by atoms with Crippen LogP contribution in [0.15, 0.2) is 12.3 Å². The lowest BCUT2D eigenvalue weighted by Gasteiger charge is -2.16. The number of hydrogen-bond donors (Lipinski definition) is 1. The fourth-order valence-electron chi connectivity index (χ4n) is 2.47. The highest BCUT2D eigenvalue weighted by Crippen LogP contribution is 2.25. The molecular formula is C14H23N3O. The van der Waals surface area contributed by atoms with Crippen LogP contribution in [0.5, 0.6) is 5.75 Å². The van der Waals surface area contributed by atoms with Gasteiger partial charge in [0.1, 0.15) is 0 Å². The number of likely N-dealkylation sites (tertiary alicyclic amines) is 1. The second-order valence-corrected chi connectivity index (χ2v) is 4.95. The van der Waals surface area contributed by atoms with Gasteiger partial charge in [-0.15, -0.1) is 0 Å². The lowest BCUT2D eigenvalue weighted by molar-refractivity contribution is 0.344. The Morgan fingerprint density at radius 1 is 1.56 bits per heavy atom. The van der Waals surface area contributed by atoms with Gasteiger partial charge in [-0.05, 0) is 38.4 Å². The number of rotatable bonds is 5. The van der Waals surface area contributed by atoms with Gasteiger partial charge in [0, 0.05) is 18.8 Å². The first-order chi connectivity index (χ1) is 8.72. The topological polar surface area (TPSA) is 37.4 Å². The van der Waals surface area contributed by atoms with Gasteiger partial charge in [-0.3, -0.25) is 4.98 Å². The van der Waals surface area contributed by atoms with Gasteiger partial charge in [0.05, 0.1) is 19.0 Å². The molecule has 1 unspecified atom stereocenters. The molecule has 1 saturated heterocycles. The lowest BCUT2D eigenvalue weighted by atomic mass is 10.1. The van der Waals surface area contributed by atoms with Gasteiger partial charge in [0.25, 0.3) is 0 Å². The number of ether oxygens (including phenoxy) is 1. The van der Waals surface area contributed by atoms with E-state index in [1.807, 2.05) is 13.0 Å². The molecule has 4 nitrogen and oxygen atoms in total. The standard InChI is InChI=1S/C14H23N3O/c1-4-17-6-5-12(10-17)8-16-13-7-11(2)15-9-14(13)18-3/h7,9,12H,4-6,8,10H2,1-3H3,(H,15,16). The first-order valence-electron chi connectivity index (χ1n) is 6.69. The van der Waals surface area contributed by atoms with Crippen molar-refractivity contribution in [3.8, 4) is 5.75 Å². The Balaban J connectivity index is 1.92. The van der Waals surface area contributed by atoms with Crippen LogP contribution in [-0.2, 0) is 0 Å². The number of methoxy groups -OCH3 is 1. The van der Waals surface area contributed by atoms with E-state index in [9.17, 15) is 0 Å². The van der Waals surface area contributed by atoms with Crippen LogP contribution in [0.3, 0.4) is 0 Å². The van der Waals surface area contributed by atoms with Gasteiger partial charge in [0.2, 0.25) is 0 Å². The van der Waals surface area contributed by atoms with Gasteiger partial charge in [0.15, 0.2) is 5.75 Å². The Bertz CT molecular complexity index is 395. The van der Waals surface area contributed by atoms with Crippen molar-refractivity contribution in [2.24, 2.45) is 5.92 Å². The zero-order valence-electron chi connectivity index (χ0n) is 11.6. The van der Waals surface area contributed by atoms with E-state index in [1.165, 1.54) is 19.5 Å². The maximum Gasteiger partial charge on any atom is 0.160 e. The first kappa shape index (κ1) is 13.1. The van der Waals surface area contributed by atoms with Gasteiger partial charge in [-0.25, -0.2) is 0 Å². The fraction of sp³-hybridized carbons (Fsp3) is 0.643. The third-order valence-corrected chi connectivity index (χ3v) is 3.62. The summed E-state index contributed by atoms with van der Waals surface area (Å²) in [5, 5.41) is 3.50. The highest BCUT2D eigenvalue weighted by molar-refractivity contribution is 5.55.